The molecule has 0 saturated carbocycles. The summed E-state index contributed by atoms with van der Waals surface area (Å²) in [6, 6.07) is 18.0. The summed E-state index contributed by atoms with van der Waals surface area (Å²) in [5.41, 5.74) is -2.35. The quantitative estimate of drug-likeness (QED) is 0.0825. The third-order valence-corrected chi connectivity index (χ3v) is 8.03. The van der Waals surface area contributed by atoms with Crippen LogP contribution in [0.25, 0.3) is 0 Å². The molecule has 0 spiro atoms. The number of nitrogens with zero attached hydrogens (tertiary/aromatic N) is 2. The predicted molar refractivity (Wildman–Crippen MR) is 204 cm³/mol. The van der Waals surface area contributed by atoms with Crippen LogP contribution < -0.4 is 39.1 Å². The number of rotatable bonds is 16. The van der Waals surface area contributed by atoms with Crippen LogP contribution in [0.5, 0.6) is 34.5 Å². The van der Waals surface area contributed by atoms with E-state index in [0.29, 0.717) is 57.0 Å². The summed E-state index contributed by atoms with van der Waals surface area (Å²) in [6.07, 6.45) is 0. The van der Waals surface area contributed by atoms with Gasteiger partial charge in [0.1, 0.15) is 24.7 Å². The van der Waals surface area contributed by atoms with Gasteiger partial charge in [-0.05, 0) is 76.2 Å². The largest absolute Gasteiger partial charge is 0.493 e. The lowest BCUT2D eigenvalue weighted by Crippen LogP contribution is -2.45. The number of ether oxygens (including phenoxy) is 6. The van der Waals surface area contributed by atoms with Gasteiger partial charge in [-0.3, -0.25) is 29.8 Å². The summed E-state index contributed by atoms with van der Waals surface area (Å²) in [7, 11) is 5.98. The Labute approximate surface area is 322 Å². The standard InChI is InChI=1S/2C19H22N2O7/c2*1-12-9-13(5-7-15(12)21(24)25)20-18(22)19(2,23)11-28-14-6-8-16(26-3)17(10-14)27-4/h2*5-10,23H,11H2,1-4H3,(H,20,22). The molecule has 0 aliphatic heterocycles. The van der Waals surface area contributed by atoms with Gasteiger partial charge in [0.15, 0.2) is 34.2 Å². The number of anilines is 2. The molecule has 0 radical (unpaired) electrons. The second kappa shape index (κ2) is 19.1. The van der Waals surface area contributed by atoms with Crippen LogP contribution in [0.3, 0.4) is 0 Å². The number of benzene rings is 4. The molecule has 0 bridgehead atoms. The molecule has 4 rings (SSSR count). The fraction of sp³-hybridized carbons (Fsp3) is 0.316. The van der Waals surface area contributed by atoms with Crippen molar-refractivity contribution in [3.63, 3.8) is 0 Å². The number of carbonyl (C=O) groups is 2. The fourth-order valence-electron chi connectivity index (χ4n) is 4.80. The van der Waals surface area contributed by atoms with Crippen LogP contribution in [0.2, 0.25) is 0 Å². The van der Waals surface area contributed by atoms with E-state index >= 15 is 0 Å². The van der Waals surface area contributed by atoms with Crippen LogP contribution in [-0.2, 0) is 9.59 Å². The molecule has 0 saturated heterocycles. The fourth-order valence-corrected chi connectivity index (χ4v) is 4.80. The third kappa shape index (κ3) is 11.7. The number of methoxy groups -OCH3 is 4. The van der Waals surface area contributed by atoms with Crippen LogP contribution in [0.1, 0.15) is 25.0 Å². The highest BCUT2D eigenvalue weighted by Crippen LogP contribution is 2.33. The molecule has 0 aliphatic rings. The highest BCUT2D eigenvalue weighted by Gasteiger charge is 2.33. The number of nitrogens with one attached hydrogen (secondary N) is 2. The van der Waals surface area contributed by atoms with Gasteiger partial charge >= 0.3 is 0 Å². The molecule has 4 aromatic rings. The van der Waals surface area contributed by atoms with Gasteiger partial charge in [0.25, 0.3) is 23.2 Å². The maximum Gasteiger partial charge on any atom is 0.272 e. The smallest absolute Gasteiger partial charge is 0.272 e. The molecular weight excluding hydrogens is 736 g/mol. The Balaban J connectivity index is 0.000000300. The molecule has 4 N–H and O–H groups in total. The van der Waals surface area contributed by atoms with Crippen LogP contribution in [0.4, 0.5) is 22.7 Å². The minimum atomic E-state index is -1.84. The van der Waals surface area contributed by atoms with Crippen LogP contribution >= 0.6 is 0 Å². The molecular formula is C38H44N4O14. The van der Waals surface area contributed by atoms with Crippen molar-refractivity contribution in [2.24, 2.45) is 0 Å². The topological polar surface area (TPSA) is 240 Å². The predicted octanol–water partition coefficient (Wildman–Crippen LogP) is 5.38. The van der Waals surface area contributed by atoms with Crippen LogP contribution in [0.15, 0.2) is 72.8 Å². The summed E-state index contributed by atoms with van der Waals surface area (Å²) >= 11 is 0. The lowest BCUT2D eigenvalue weighted by atomic mass is 10.1. The van der Waals surface area contributed by atoms with Crippen molar-refractivity contribution >= 4 is 34.6 Å². The molecule has 18 heteroatoms. The number of aryl methyl sites for hydroxylation is 2. The first kappa shape index (κ1) is 43.7. The molecule has 0 fully saturated rings. The number of aliphatic hydroxyl groups is 2. The summed E-state index contributed by atoms with van der Waals surface area (Å²) in [5.74, 6) is 1.30. The van der Waals surface area contributed by atoms with E-state index in [4.69, 9.17) is 28.4 Å². The maximum atomic E-state index is 12.4. The molecule has 0 heterocycles. The van der Waals surface area contributed by atoms with E-state index in [0.717, 1.165) is 0 Å². The SMILES string of the molecule is COc1ccc(OCC(C)(O)C(=O)Nc2ccc([N+](=O)[O-])c(C)c2)cc1OC.COc1ccc(OCC(C)(O)C(=O)Nc2ccc([N+](=O)[O-])c(C)c2)cc1OC. The Hall–Kier alpha value is -6.66. The monoisotopic (exact) mass is 780 g/mol. The number of hydrogen-bond acceptors (Lipinski definition) is 14. The van der Waals surface area contributed by atoms with Gasteiger partial charge in [-0.15, -0.1) is 0 Å². The number of nitro benzene ring substituents is 2. The molecule has 300 valence electrons. The van der Waals surface area contributed by atoms with Crippen molar-refractivity contribution in [3.8, 4) is 34.5 Å². The first-order valence-electron chi connectivity index (χ1n) is 16.6. The minimum absolute atomic E-state index is 0.0541. The Morgan fingerprint density at radius 3 is 1.21 bits per heavy atom. The Morgan fingerprint density at radius 1 is 0.589 bits per heavy atom. The van der Waals surface area contributed by atoms with Crippen molar-refractivity contribution in [1.82, 2.24) is 0 Å². The van der Waals surface area contributed by atoms with E-state index in [1.165, 1.54) is 78.7 Å². The van der Waals surface area contributed by atoms with Gasteiger partial charge in [0, 0.05) is 46.8 Å². The van der Waals surface area contributed by atoms with Gasteiger partial charge in [0.2, 0.25) is 0 Å². The van der Waals surface area contributed by atoms with Crippen LogP contribution in [0, 0.1) is 34.1 Å². The molecule has 0 aromatic heterocycles. The van der Waals surface area contributed by atoms with Crippen molar-refractivity contribution in [3.05, 3.63) is 104 Å². The van der Waals surface area contributed by atoms with Crippen LogP contribution in [-0.4, -0.2) is 84.7 Å². The Kier molecular flexibility index (Phi) is 14.9. The Bertz CT molecular complexity index is 1910. The molecule has 4 aromatic carbocycles. The first-order valence-corrected chi connectivity index (χ1v) is 16.6. The van der Waals surface area contributed by atoms with Crippen molar-refractivity contribution in [2.45, 2.75) is 38.9 Å². The lowest BCUT2D eigenvalue weighted by molar-refractivity contribution is -0.385. The minimum Gasteiger partial charge on any atom is -0.493 e. The summed E-state index contributed by atoms with van der Waals surface area (Å²) in [4.78, 5) is 45.5. The van der Waals surface area contributed by atoms with E-state index in [1.54, 1.807) is 50.2 Å². The summed E-state index contributed by atoms with van der Waals surface area (Å²) in [5, 5.41) is 47.7. The molecule has 2 atom stereocenters. The number of nitro groups is 2. The van der Waals surface area contributed by atoms with Gasteiger partial charge < -0.3 is 49.3 Å². The Morgan fingerprint density at radius 2 is 0.929 bits per heavy atom. The van der Waals surface area contributed by atoms with Gasteiger partial charge in [-0.25, -0.2) is 0 Å². The summed E-state index contributed by atoms with van der Waals surface area (Å²) in [6.45, 7) is 5.10. The highest BCUT2D eigenvalue weighted by molar-refractivity contribution is 5.97. The molecule has 0 aliphatic carbocycles. The normalized spacial score (nSPS) is 12.6. The van der Waals surface area contributed by atoms with E-state index < -0.39 is 32.9 Å². The van der Waals surface area contributed by atoms with E-state index in [2.05, 4.69) is 10.6 Å². The van der Waals surface area contributed by atoms with Crippen molar-refractivity contribution < 1.29 is 58.1 Å². The maximum absolute atomic E-state index is 12.4. The second-order valence-corrected chi connectivity index (χ2v) is 12.6. The van der Waals surface area contributed by atoms with Gasteiger partial charge in [-0.2, -0.15) is 0 Å². The second-order valence-electron chi connectivity index (χ2n) is 12.6. The lowest BCUT2D eigenvalue weighted by Gasteiger charge is -2.23. The zero-order valence-corrected chi connectivity index (χ0v) is 32.0. The molecule has 18 nitrogen and oxygen atoms in total. The number of carbonyl (C=O) groups excluding carboxylic acids is 2. The highest BCUT2D eigenvalue weighted by atomic mass is 16.6. The van der Waals surface area contributed by atoms with Gasteiger partial charge in [-0.1, -0.05) is 0 Å². The van der Waals surface area contributed by atoms with E-state index in [-0.39, 0.29) is 24.6 Å². The summed E-state index contributed by atoms with van der Waals surface area (Å²) < 4.78 is 31.7. The third-order valence-electron chi connectivity index (χ3n) is 8.03. The van der Waals surface area contributed by atoms with E-state index in [9.17, 15) is 40.0 Å². The average Bonchev–Trinajstić information content (AvgIpc) is 3.16. The van der Waals surface area contributed by atoms with E-state index in [1.807, 2.05) is 0 Å². The number of amides is 2. The first-order chi connectivity index (χ1) is 26.3. The average molecular weight is 781 g/mol. The van der Waals surface area contributed by atoms with Crippen molar-refractivity contribution in [2.75, 3.05) is 52.3 Å². The molecule has 2 unspecified atom stereocenters. The van der Waals surface area contributed by atoms with Gasteiger partial charge in [0.05, 0.1) is 38.3 Å². The number of hydrogen-bond donors (Lipinski definition) is 4. The molecule has 2 amide bonds. The van der Waals surface area contributed by atoms with Crippen molar-refractivity contribution in [1.29, 1.82) is 0 Å². The zero-order chi connectivity index (χ0) is 41.8. The zero-order valence-electron chi connectivity index (χ0n) is 32.0. The molecule has 56 heavy (non-hydrogen) atoms.